The van der Waals surface area contributed by atoms with Crippen LogP contribution in [0.2, 0.25) is 0 Å². The van der Waals surface area contributed by atoms with Gasteiger partial charge in [-0.2, -0.15) is 5.10 Å². The number of aromatic nitrogens is 2. The van der Waals surface area contributed by atoms with Crippen molar-refractivity contribution in [3.05, 3.63) is 77.8 Å². The number of para-hydroxylation sites is 1. The number of fused-ring (bicyclic) bond motifs is 1. The van der Waals surface area contributed by atoms with Crippen molar-refractivity contribution < 1.29 is 13.9 Å². The second-order valence-corrected chi connectivity index (χ2v) is 6.51. The van der Waals surface area contributed by atoms with Crippen LogP contribution >= 0.6 is 0 Å². The number of rotatable bonds is 6. The standard InChI is InChI=1S/C22H21N3O3/c1-15-19-14-18(27-2)8-9-20(19)28-21(15)22(26)23-12-10-16-11-13-25(24-16)17-6-4-3-5-7-17/h3-9,11,13-14H,10,12H2,1-2H3,(H,23,26). The Labute approximate surface area is 162 Å². The summed E-state index contributed by atoms with van der Waals surface area (Å²) in [4.78, 5) is 12.5. The summed E-state index contributed by atoms with van der Waals surface area (Å²) >= 11 is 0. The van der Waals surface area contributed by atoms with Gasteiger partial charge in [0.05, 0.1) is 18.5 Å². The van der Waals surface area contributed by atoms with Crippen LogP contribution < -0.4 is 10.1 Å². The average Bonchev–Trinajstić information content (AvgIpc) is 3.33. The van der Waals surface area contributed by atoms with E-state index < -0.39 is 0 Å². The first kappa shape index (κ1) is 17.9. The first-order valence-electron chi connectivity index (χ1n) is 9.11. The second kappa shape index (κ2) is 7.60. The van der Waals surface area contributed by atoms with Gasteiger partial charge in [-0.1, -0.05) is 18.2 Å². The number of nitrogens with zero attached hydrogens (tertiary/aromatic N) is 2. The summed E-state index contributed by atoms with van der Waals surface area (Å²) < 4.78 is 12.8. The van der Waals surface area contributed by atoms with Crippen LogP contribution in [0.15, 0.2) is 65.2 Å². The molecule has 6 heteroatoms. The summed E-state index contributed by atoms with van der Waals surface area (Å²) in [6.07, 6.45) is 2.56. The number of carbonyl (C=O) groups excluding carboxylic acids is 1. The fraction of sp³-hybridized carbons (Fsp3) is 0.182. The largest absolute Gasteiger partial charge is 0.497 e. The number of furan rings is 1. The number of methoxy groups -OCH3 is 1. The van der Waals surface area contributed by atoms with E-state index in [4.69, 9.17) is 9.15 Å². The van der Waals surface area contributed by atoms with Crippen molar-refractivity contribution in [3.8, 4) is 11.4 Å². The highest BCUT2D eigenvalue weighted by atomic mass is 16.5. The Kier molecular flexibility index (Phi) is 4.85. The van der Waals surface area contributed by atoms with E-state index in [9.17, 15) is 4.79 Å². The highest BCUT2D eigenvalue weighted by Crippen LogP contribution is 2.28. The molecule has 2 heterocycles. The summed E-state index contributed by atoms with van der Waals surface area (Å²) in [5.74, 6) is 0.839. The van der Waals surface area contributed by atoms with E-state index in [0.717, 1.165) is 28.1 Å². The number of aryl methyl sites for hydroxylation is 1. The summed E-state index contributed by atoms with van der Waals surface area (Å²) in [6, 6.07) is 17.4. The maximum atomic E-state index is 12.5. The molecule has 0 fully saturated rings. The van der Waals surface area contributed by atoms with Crippen molar-refractivity contribution in [2.24, 2.45) is 0 Å². The molecule has 6 nitrogen and oxygen atoms in total. The lowest BCUT2D eigenvalue weighted by Crippen LogP contribution is -2.26. The van der Waals surface area contributed by atoms with Gasteiger partial charge in [0.15, 0.2) is 5.76 Å². The van der Waals surface area contributed by atoms with Crippen LogP contribution in [0, 0.1) is 6.92 Å². The molecule has 28 heavy (non-hydrogen) atoms. The molecule has 0 radical (unpaired) electrons. The van der Waals surface area contributed by atoms with E-state index in [1.807, 2.05) is 72.4 Å². The van der Waals surface area contributed by atoms with Crippen LogP contribution in [0.5, 0.6) is 5.75 Å². The van der Waals surface area contributed by atoms with Gasteiger partial charge in [0, 0.05) is 30.1 Å². The van der Waals surface area contributed by atoms with Gasteiger partial charge in [-0.05, 0) is 43.3 Å². The summed E-state index contributed by atoms with van der Waals surface area (Å²) in [6.45, 7) is 2.35. The number of benzene rings is 2. The molecule has 0 aliphatic heterocycles. The summed E-state index contributed by atoms with van der Waals surface area (Å²) in [7, 11) is 1.61. The van der Waals surface area contributed by atoms with Crippen LogP contribution in [0.4, 0.5) is 0 Å². The zero-order valence-electron chi connectivity index (χ0n) is 15.8. The Morgan fingerprint density at radius 2 is 2.00 bits per heavy atom. The molecule has 4 rings (SSSR count). The normalized spacial score (nSPS) is 10.9. The van der Waals surface area contributed by atoms with Crippen LogP contribution in [-0.4, -0.2) is 29.3 Å². The Bertz CT molecular complexity index is 1110. The van der Waals surface area contributed by atoms with Crippen molar-refractivity contribution in [2.45, 2.75) is 13.3 Å². The molecular weight excluding hydrogens is 354 g/mol. The Balaban J connectivity index is 1.40. The molecule has 142 valence electrons. The number of nitrogens with one attached hydrogen (secondary N) is 1. The molecule has 0 saturated heterocycles. The topological polar surface area (TPSA) is 69.3 Å². The van der Waals surface area contributed by atoms with E-state index in [0.29, 0.717) is 24.3 Å². The number of hydrogen-bond donors (Lipinski definition) is 1. The van der Waals surface area contributed by atoms with Gasteiger partial charge in [-0.3, -0.25) is 4.79 Å². The molecule has 2 aromatic carbocycles. The monoisotopic (exact) mass is 375 g/mol. The first-order valence-corrected chi connectivity index (χ1v) is 9.11. The smallest absolute Gasteiger partial charge is 0.287 e. The molecule has 0 atom stereocenters. The number of carbonyl (C=O) groups is 1. The fourth-order valence-electron chi connectivity index (χ4n) is 3.15. The van der Waals surface area contributed by atoms with Crippen molar-refractivity contribution >= 4 is 16.9 Å². The van der Waals surface area contributed by atoms with E-state index in [2.05, 4.69) is 10.4 Å². The van der Waals surface area contributed by atoms with Gasteiger partial charge in [-0.15, -0.1) is 0 Å². The molecule has 0 spiro atoms. The zero-order chi connectivity index (χ0) is 19.5. The number of hydrogen-bond acceptors (Lipinski definition) is 4. The van der Waals surface area contributed by atoms with E-state index in [-0.39, 0.29) is 5.91 Å². The zero-order valence-corrected chi connectivity index (χ0v) is 15.8. The maximum absolute atomic E-state index is 12.5. The van der Waals surface area contributed by atoms with Crippen molar-refractivity contribution in [2.75, 3.05) is 13.7 Å². The SMILES string of the molecule is COc1ccc2oc(C(=O)NCCc3ccn(-c4ccccc4)n3)c(C)c2c1. The maximum Gasteiger partial charge on any atom is 0.287 e. The summed E-state index contributed by atoms with van der Waals surface area (Å²) in [5.41, 5.74) is 3.39. The number of ether oxygens (including phenoxy) is 1. The quantitative estimate of drug-likeness (QED) is 0.555. The number of amides is 1. The molecular formula is C22H21N3O3. The highest BCUT2D eigenvalue weighted by molar-refractivity contribution is 5.99. The van der Waals surface area contributed by atoms with Gasteiger partial charge < -0.3 is 14.5 Å². The van der Waals surface area contributed by atoms with Gasteiger partial charge in [0.1, 0.15) is 11.3 Å². The summed E-state index contributed by atoms with van der Waals surface area (Å²) in [5, 5.41) is 8.34. The van der Waals surface area contributed by atoms with E-state index >= 15 is 0 Å². The Hall–Kier alpha value is -3.54. The van der Waals surface area contributed by atoms with Crippen LogP contribution in [0.3, 0.4) is 0 Å². The fourth-order valence-corrected chi connectivity index (χ4v) is 3.15. The highest BCUT2D eigenvalue weighted by Gasteiger charge is 2.17. The Morgan fingerprint density at radius 3 is 2.79 bits per heavy atom. The van der Waals surface area contributed by atoms with Crippen LogP contribution in [0.1, 0.15) is 21.8 Å². The van der Waals surface area contributed by atoms with Crippen LogP contribution in [0.25, 0.3) is 16.7 Å². The molecule has 0 saturated carbocycles. The third-order valence-corrected chi connectivity index (χ3v) is 4.68. The van der Waals surface area contributed by atoms with Crippen molar-refractivity contribution in [1.29, 1.82) is 0 Å². The van der Waals surface area contributed by atoms with Crippen molar-refractivity contribution in [1.82, 2.24) is 15.1 Å². The molecule has 0 unspecified atom stereocenters. The lowest BCUT2D eigenvalue weighted by molar-refractivity contribution is 0.0927. The molecule has 0 aliphatic carbocycles. The van der Waals surface area contributed by atoms with Gasteiger partial charge in [-0.25, -0.2) is 4.68 Å². The van der Waals surface area contributed by atoms with E-state index in [1.165, 1.54) is 0 Å². The minimum Gasteiger partial charge on any atom is -0.497 e. The molecule has 4 aromatic rings. The lowest BCUT2D eigenvalue weighted by atomic mass is 10.1. The van der Waals surface area contributed by atoms with Crippen LogP contribution in [-0.2, 0) is 6.42 Å². The third kappa shape index (κ3) is 3.49. The molecule has 1 N–H and O–H groups in total. The average molecular weight is 375 g/mol. The van der Waals surface area contributed by atoms with Gasteiger partial charge in [0.2, 0.25) is 0 Å². The first-order chi connectivity index (χ1) is 13.7. The third-order valence-electron chi connectivity index (χ3n) is 4.68. The molecule has 0 bridgehead atoms. The molecule has 1 amide bonds. The van der Waals surface area contributed by atoms with Crippen molar-refractivity contribution in [3.63, 3.8) is 0 Å². The molecule has 2 aromatic heterocycles. The van der Waals surface area contributed by atoms with Gasteiger partial charge in [0.25, 0.3) is 5.91 Å². The lowest BCUT2D eigenvalue weighted by Gasteiger charge is -2.03. The minimum absolute atomic E-state index is 0.227. The Morgan fingerprint density at radius 1 is 1.18 bits per heavy atom. The van der Waals surface area contributed by atoms with E-state index in [1.54, 1.807) is 7.11 Å². The molecule has 0 aliphatic rings. The second-order valence-electron chi connectivity index (χ2n) is 6.51. The predicted octanol–water partition coefficient (Wildman–Crippen LogP) is 3.91. The predicted molar refractivity (Wildman–Crippen MR) is 107 cm³/mol. The van der Waals surface area contributed by atoms with Gasteiger partial charge >= 0.3 is 0 Å². The minimum atomic E-state index is -0.227.